The number of halogens is 2. The molecule has 0 aliphatic heterocycles. The van der Waals surface area contributed by atoms with Gasteiger partial charge < -0.3 is 5.32 Å². The van der Waals surface area contributed by atoms with Gasteiger partial charge in [0.25, 0.3) is 0 Å². The van der Waals surface area contributed by atoms with E-state index in [0.29, 0.717) is 6.04 Å². The maximum Gasteiger partial charge on any atom is 0.0468 e. The fourth-order valence-corrected chi connectivity index (χ4v) is 3.38. The summed E-state index contributed by atoms with van der Waals surface area (Å²) < 4.78 is 2.16. The zero-order chi connectivity index (χ0) is 12.3. The van der Waals surface area contributed by atoms with Crippen LogP contribution in [0.1, 0.15) is 16.6 Å². The lowest BCUT2D eigenvalue weighted by molar-refractivity contribution is 0.594. The van der Waals surface area contributed by atoms with Gasteiger partial charge in [0.05, 0.1) is 0 Å². The highest BCUT2D eigenvalue weighted by Gasteiger charge is 2.12. The van der Waals surface area contributed by atoms with Crippen LogP contribution in [0.15, 0.2) is 38.7 Å². The van der Waals surface area contributed by atoms with Crippen molar-refractivity contribution in [2.24, 2.45) is 0 Å². The van der Waals surface area contributed by atoms with E-state index in [-0.39, 0.29) is 0 Å². The first-order valence-electron chi connectivity index (χ1n) is 5.20. The fourth-order valence-electron chi connectivity index (χ4n) is 1.59. The molecule has 0 radical (unpaired) electrons. The van der Waals surface area contributed by atoms with Crippen LogP contribution in [-0.2, 0) is 6.42 Å². The third kappa shape index (κ3) is 3.61. The van der Waals surface area contributed by atoms with Gasteiger partial charge in [-0.3, -0.25) is 4.98 Å². The Morgan fingerprint density at radius 1 is 1.35 bits per heavy atom. The van der Waals surface area contributed by atoms with Crippen molar-refractivity contribution >= 4 is 43.2 Å². The van der Waals surface area contributed by atoms with Crippen LogP contribution in [0.25, 0.3) is 0 Å². The third-order valence-electron chi connectivity index (χ3n) is 2.48. The van der Waals surface area contributed by atoms with E-state index in [4.69, 9.17) is 0 Å². The summed E-state index contributed by atoms with van der Waals surface area (Å²) >= 11 is 8.64. The maximum atomic E-state index is 4.40. The zero-order valence-corrected chi connectivity index (χ0v) is 13.3. The lowest BCUT2D eigenvalue weighted by atomic mass is 10.1. The van der Waals surface area contributed by atoms with E-state index < -0.39 is 0 Å². The average Bonchev–Trinajstić information content (AvgIpc) is 2.75. The van der Waals surface area contributed by atoms with Crippen molar-refractivity contribution in [1.29, 1.82) is 0 Å². The van der Waals surface area contributed by atoms with Gasteiger partial charge in [0, 0.05) is 43.6 Å². The average molecular weight is 376 g/mol. The van der Waals surface area contributed by atoms with E-state index in [0.717, 1.165) is 21.1 Å². The summed E-state index contributed by atoms with van der Waals surface area (Å²) in [7, 11) is 1.98. The number of likely N-dealkylation sites (N-methyl/N-ethyl adjacent to an activating group) is 1. The second-order valence-corrected chi connectivity index (χ2v) is 6.45. The van der Waals surface area contributed by atoms with E-state index in [1.165, 1.54) is 4.88 Å². The van der Waals surface area contributed by atoms with Gasteiger partial charge in [-0.15, -0.1) is 11.3 Å². The normalized spacial score (nSPS) is 12.6. The van der Waals surface area contributed by atoms with Crippen molar-refractivity contribution in [1.82, 2.24) is 10.3 Å². The standard InChI is InChI=1S/C12H12Br2N2S/c1-15-11(12-4-9(14)7-17-12)5-10-3-2-8(13)6-16-10/h2-4,6-7,11,15H,5H2,1H3. The first-order valence-corrected chi connectivity index (χ1v) is 7.67. The van der Waals surface area contributed by atoms with Crippen LogP contribution in [-0.4, -0.2) is 12.0 Å². The lowest BCUT2D eigenvalue weighted by Crippen LogP contribution is -2.18. The first-order chi connectivity index (χ1) is 8.19. The van der Waals surface area contributed by atoms with Crippen molar-refractivity contribution in [3.8, 4) is 0 Å². The molecule has 2 rings (SSSR count). The highest BCUT2D eigenvalue weighted by molar-refractivity contribution is 9.10. The van der Waals surface area contributed by atoms with Gasteiger partial charge >= 0.3 is 0 Å². The molecule has 0 aliphatic rings. The molecular weight excluding hydrogens is 364 g/mol. The molecule has 2 aromatic heterocycles. The van der Waals surface area contributed by atoms with Crippen LogP contribution in [0.4, 0.5) is 0 Å². The fraction of sp³-hybridized carbons (Fsp3) is 0.250. The number of nitrogens with zero attached hydrogens (tertiary/aromatic N) is 1. The Morgan fingerprint density at radius 3 is 2.71 bits per heavy atom. The summed E-state index contributed by atoms with van der Waals surface area (Å²) in [6, 6.07) is 6.56. The molecule has 17 heavy (non-hydrogen) atoms. The van der Waals surface area contributed by atoms with Gasteiger partial charge in [-0.2, -0.15) is 0 Å². The van der Waals surface area contributed by atoms with Gasteiger partial charge in [0.2, 0.25) is 0 Å². The van der Waals surface area contributed by atoms with Crippen LogP contribution in [0, 0.1) is 0 Å². The van der Waals surface area contributed by atoms with E-state index in [9.17, 15) is 0 Å². The Morgan fingerprint density at radius 2 is 2.18 bits per heavy atom. The van der Waals surface area contributed by atoms with E-state index >= 15 is 0 Å². The molecule has 5 heteroatoms. The highest BCUT2D eigenvalue weighted by atomic mass is 79.9. The number of hydrogen-bond acceptors (Lipinski definition) is 3. The number of thiophene rings is 1. The summed E-state index contributed by atoms with van der Waals surface area (Å²) in [6.07, 6.45) is 2.74. The first kappa shape index (κ1) is 13.2. The van der Waals surface area contributed by atoms with Crippen molar-refractivity contribution in [3.63, 3.8) is 0 Å². The Bertz CT molecular complexity index is 482. The zero-order valence-electron chi connectivity index (χ0n) is 9.28. The molecule has 0 spiro atoms. The Labute approximate surface area is 122 Å². The van der Waals surface area contributed by atoms with Crippen molar-refractivity contribution in [2.75, 3.05) is 7.05 Å². The van der Waals surface area contributed by atoms with Gasteiger partial charge in [0.15, 0.2) is 0 Å². The smallest absolute Gasteiger partial charge is 0.0468 e. The van der Waals surface area contributed by atoms with Gasteiger partial charge in [-0.05, 0) is 57.1 Å². The number of pyridine rings is 1. The van der Waals surface area contributed by atoms with Gasteiger partial charge in [-0.1, -0.05) is 0 Å². The minimum Gasteiger partial charge on any atom is -0.312 e. The molecule has 2 aromatic rings. The third-order valence-corrected chi connectivity index (χ3v) is 4.76. The molecular formula is C12H12Br2N2S. The SMILES string of the molecule is CNC(Cc1ccc(Br)cn1)c1cc(Br)cs1. The molecule has 0 fully saturated rings. The second kappa shape index (κ2) is 6.09. The molecule has 2 nitrogen and oxygen atoms in total. The summed E-state index contributed by atoms with van der Waals surface area (Å²) in [4.78, 5) is 5.73. The van der Waals surface area contributed by atoms with Gasteiger partial charge in [-0.25, -0.2) is 0 Å². The molecule has 90 valence electrons. The number of rotatable bonds is 4. The molecule has 0 aromatic carbocycles. The summed E-state index contributed by atoms with van der Waals surface area (Å²) in [5.74, 6) is 0. The second-order valence-electron chi connectivity index (χ2n) is 3.68. The maximum absolute atomic E-state index is 4.40. The number of aromatic nitrogens is 1. The Hall–Kier alpha value is -0.230. The monoisotopic (exact) mass is 374 g/mol. The Balaban J connectivity index is 2.12. The van der Waals surface area contributed by atoms with Crippen LogP contribution in [0.3, 0.4) is 0 Å². The molecule has 0 bridgehead atoms. The molecule has 0 saturated carbocycles. The number of nitrogens with one attached hydrogen (secondary N) is 1. The summed E-state index contributed by atoms with van der Waals surface area (Å²) in [6.45, 7) is 0. The van der Waals surface area contributed by atoms with Crippen LogP contribution in [0.2, 0.25) is 0 Å². The molecule has 0 aliphatic carbocycles. The summed E-state index contributed by atoms with van der Waals surface area (Å²) in [5.41, 5.74) is 1.09. The molecule has 0 saturated heterocycles. The Kier molecular flexibility index (Phi) is 4.73. The van der Waals surface area contributed by atoms with E-state index in [2.05, 4.69) is 59.7 Å². The van der Waals surface area contributed by atoms with E-state index in [1.807, 2.05) is 19.3 Å². The lowest BCUT2D eigenvalue weighted by Gasteiger charge is -2.13. The van der Waals surface area contributed by atoms with Gasteiger partial charge in [0.1, 0.15) is 0 Å². The highest BCUT2D eigenvalue weighted by Crippen LogP contribution is 2.27. The number of hydrogen-bond donors (Lipinski definition) is 1. The van der Waals surface area contributed by atoms with E-state index in [1.54, 1.807) is 11.3 Å². The minimum atomic E-state index is 0.319. The molecule has 1 unspecified atom stereocenters. The minimum absolute atomic E-state index is 0.319. The van der Waals surface area contributed by atoms with Crippen LogP contribution >= 0.6 is 43.2 Å². The van der Waals surface area contributed by atoms with Crippen molar-refractivity contribution < 1.29 is 0 Å². The molecule has 1 N–H and O–H groups in total. The predicted molar refractivity (Wildman–Crippen MR) is 79.5 cm³/mol. The van der Waals surface area contributed by atoms with Crippen molar-refractivity contribution in [2.45, 2.75) is 12.5 Å². The quantitative estimate of drug-likeness (QED) is 0.867. The molecule has 2 heterocycles. The summed E-state index contributed by atoms with van der Waals surface area (Å²) in [5, 5.41) is 5.44. The molecule has 1 atom stereocenters. The molecule has 0 amide bonds. The van der Waals surface area contributed by atoms with Crippen LogP contribution in [0.5, 0.6) is 0 Å². The topological polar surface area (TPSA) is 24.9 Å². The van der Waals surface area contributed by atoms with Crippen molar-refractivity contribution in [3.05, 3.63) is 49.3 Å². The largest absolute Gasteiger partial charge is 0.312 e. The van der Waals surface area contributed by atoms with Crippen LogP contribution < -0.4 is 5.32 Å². The predicted octanol–water partition coefficient (Wildman–Crippen LogP) is 4.17.